The maximum Gasteiger partial charge on any atom is 0.159 e. The highest BCUT2D eigenvalue weighted by molar-refractivity contribution is 9.10. The lowest BCUT2D eigenvalue weighted by molar-refractivity contribution is 0.412. The highest BCUT2D eigenvalue weighted by Crippen LogP contribution is 2.22. The number of nitrogen functional groups attached to an aromatic ring is 1. The molecule has 1 heterocycles. The second-order valence-electron chi connectivity index (χ2n) is 4.58. The molecule has 16 heavy (non-hydrogen) atoms. The zero-order valence-electron chi connectivity index (χ0n) is 9.70. The third kappa shape index (κ3) is 3.86. The number of halogens is 1. The van der Waals surface area contributed by atoms with Crippen LogP contribution in [0.15, 0.2) is 10.7 Å². The topological polar surface area (TPSA) is 67.6 Å². The van der Waals surface area contributed by atoms with Gasteiger partial charge in [-0.3, -0.25) is 4.68 Å². The van der Waals surface area contributed by atoms with E-state index in [1.54, 1.807) is 0 Å². The quantitative estimate of drug-likeness (QED) is 0.846. The van der Waals surface area contributed by atoms with E-state index >= 15 is 0 Å². The molecule has 1 rings (SSSR count). The Labute approximate surface area is 105 Å². The fourth-order valence-electron chi connectivity index (χ4n) is 1.42. The minimum atomic E-state index is -0.219. The Bertz CT molecular complexity index is 370. The van der Waals surface area contributed by atoms with Gasteiger partial charge in [-0.15, -0.1) is 0 Å². The van der Waals surface area contributed by atoms with Gasteiger partial charge < -0.3 is 5.73 Å². The molecule has 0 aliphatic heterocycles. The van der Waals surface area contributed by atoms with Crippen molar-refractivity contribution in [3.63, 3.8) is 0 Å². The van der Waals surface area contributed by atoms with Crippen molar-refractivity contribution in [2.75, 3.05) is 5.73 Å². The number of nitrogens with two attached hydrogens (primary N) is 1. The van der Waals surface area contributed by atoms with Gasteiger partial charge in [-0.2, -0.15) is 10.4 Å². The molecule has 0 unspecified atom stereocenters. The molecule has 5 heteroatoms. The van der Waals surface area contributed by atoms with Crippen LogP contribution in [0, 0.1) is 16.7 Å². The summed E-state index contributed by atoms with van der Waals surface area (Å²) in [5.74, 6) is 0.525. The number of hydrogen-bond donors (Lipinski definition) is 1. The van der Waals surface area contributed by atoms with Crippen LogP contribution in [0.3, 0.4) is 0 Å². The van der Waals surface area contributed by atoms with Crippen LogP contribution in [0.4, 0.5) is 5.82 Å². The third-order valence-corrected chi connectivity index (χ3v) is 3.10. The number of nitrogens with zero attached hydrogens (tertiary/aromatic N) is 3. The summed E-state index contributed by atoms with van der Waals surface area (Å²) in [5, 5.41) is 13.0. The molecule has 0 fully saturated rings. The van der Waals surface area contributed by atoms with Gasteiger partial charge in [-0.05, 0) is 42.6 Å². The zero-order valence-corrected chi connectivity index (χ0v) is 11.3. The van der Waals surface area contributed by atoms with Crippen LogP contribution in [-0.4, -0.2) is 9.78 Å². The van der Waals surface area contributed by atoms with Gasteiger partial charge in [0.2, 0.25) is 0 Å². The highest BCUT2D eigenvalue weighted by atomic mass is 79.9. The number of aromatic nitrogens is 2. The summed E-state index contributed by atoms with van der Waals surface area (Å²) < 4.78 is 2.67. The first kappa shape index (κ1) is 13.0. The van der Waals surface area contributed by atoms with Gasteiger partial charge in [-0.1, -0.05) is 6.42 Å². The van der Waals surface area contributed by atoms with Gasteiger partial charge in [0.1, 0.15) is 0 Å². The van der Waals surface area contributed by atoms with Gasteiger partial charge in [0, 0.05) is 12.7 Å². The molecule has 0 bridgehead atoms. The molecule has 0 aliphatic rings. The molecule has 0 spiro atoms. The molecule has 2 N–H and O–H groups in total. The van der Waals surface area contributed by atoms with E-state index in [-0.39, 0.29) is 5.41 Å². The lowest BCUT2D eigenvalue weighted by Crippen LogP contribution is -2.08. The Morgan fingerprint density at radius 2 is 2.25 bits per heavy atom. The van der Waals surface area contributed by atoms with Crippen molar-refractivity contribution in [2.24, 2.45) is 5.41 Å². The van der Waals surface area contributed by atoms with Crippen molar-refractivity contribution < 1.29 is 0 Å². The van der Waals surface area contributed by atoms with E-state index in [0.29, 0.717) is 5.82 Å². The number of rotatable bonds is 5. The van der Waals surface area contributed by atoms with Crippen LogP contribution in [0.5, 0.6) is 0 Å². The van der Waals surface area contributed by atoms with Gasteiger partial charge >= 0.3 is 0 Å². The Morgan fingerprint density at radius 3 is 2.75 bits per heavy atom. The Hall–Kier alpha value is -1.02. The average Bonchev–Trinajstić information content (AvgIpc) is 2.54. The van der Waals surface area contributed by atoms with Crippen molar-refractivity contribution in [1.29, 1.82) is 5.26 Å². The molecule has 1 aromatic rings. The fraction of sp³-hybridized carbons (Fsp3) is 0.636. The van der Waals surface area contributed by atoms with Crippen LogP contribution in [0.2, 0.25) is 0 Å². The van der Waals surface area contributed by atoms with E-state index in [1.165, 1.54) is 0 Å². The van der Waals surface area contributed by atoms with Crippen molar-refractivity contribution in [3.8, 4) is 6.07 Å². The number of hydrogen-bond acceptors (Lipinski definition) is 3. The summed E-state index contributed by atoms with van der Waals surface area (Å²) in [6.07, 6.45) is 4.84. The van der Waals surface area contributed by atoms with Crippen molar-refractivity contribution in [1.82, 2.24) is 9.78 Å². The SMILES string of the molecule is CC(C)(C#N)CCCCn1cc(Br)c(N)n1. The Kier molecular flexibility index (Phi) is 4.36. The van der Waals surface area contributed by atoms with E-state index in [2.05, 4.69) is 27.1 Å². The second kappa shape index (κ2) is 5.35. The molecule has 1 aromatic heterocycles. The summed E-state index contributed by atoms with van der Waals surface area (Å²) in [5.41, 5.74) is 5.40. The Morgan fingerprint density at radius 1 is 1.56 bits per heavy atom. The predicted octanol–water partition coefficient (Wildman–Crippen LogP) is 2.95. The second-order valence-corrected chi connectivity index (χ2v) is 5.43. The lowest BCUT2D eigenvalue weighted by atomic mass is 9.89. The van der Waals surface area contributed by atoms with Crippen LogP contribution in [0.25, 0.3) is 0 Å². The van der Waals surface area contributed by atoms with Gasteiger partial charge in [-0.25, -0.2) is 0 Å². The van der Waals surface area contributed by atoms with Gasteiger partial charge in [0.15, 0.2) is 5.82 Å². The smallest absolute Gasteiger partial charge is 0.159 e. The minimum absolute atomic E-state index is 0.219. The van der Waals surface area contributed by atoms with Gasteiger partial charge in [0.05, 0.1) is 16.0 Å². The lowest BCUT2D eigenvalue weighted by Gasteiger charge is -2.14. The first-order valence-electron chi connectivity index (χ1n) is 5.34. The largest absolute Gasteiger partial charge is 0.381 e. The van der Waals surface area contributed by atoms with E-state index < -0.39 is 0 Å². The monoisotopic (exact) mass is 284 g/mol. The van der Waals surface area contributed by atoms with Crippen LogP contribution < -0.4 is 5.73 Å². The maximum atomic E-state index is 8.86. The third-order valence-electron chi connectivity index (χ3n) is 2.48. The molecule has 4 nitrogen and oxygen atoms in total. The summed E-state index contributed by atoms with van der Waals surface area (Å²) in [4.78, 5) is 0. The highest BCUT2D eigenvalue weighted by Gasteiger charge is 2.15. The number of aryl methyl sites for hydroxylation is 1. The molecular formula is C11H17BrN4. The van der Waals surface area contributed by atoms with Crippen molar-refractivity contribution >= 4 is 21.7 Å². The first-order valence-corrected chi connectivity index (χ1v) is 6.13. The average molecular weight is 285 g/mol. The summed E-state index contributed by atoms with van der Waals surface area (Å²) in [6.45, 7) is 4.78. The number of anilines is 1. The van der Waals surface area contributed by atoms with E-state index in [4.69, 9.17) is 11.0 Å². The summed E-state index contributed by atoms with van der Waals surface area (Å²) in [6, 6.07) is 2.30. The standard InChI is InChI=1S/C11H17BrN4/c1-11(2,8-13)5-3-4-6-16-7-9(12)10(14)15-16/h7H,3-6H2,1-2H3,(H2,14,15). The first-order chi connectivity index (χ1) is 7.44. The molecule has 0 saturated heterocycles. The number of nitriles is 1. The van der Waals surface area contributed by atoms with E-state index in [9.17, 15) is 0 Å². The molecule has 88 valence electrons. The molecular weight excluding hydrogens is 268 g/mol. The summed E-state index contributed by atoms with van der Waals surface area (Å²) in [7, 11) is 0. The normalized spacial score (nSPS) is 11.4. The predicted molar refractivity (Wildman–Crippen MR) is 67.6 cm³/mol. The van der Waals surface area contributed by atoms with E-state index in [1.807, 2.05) is 24.7 Å². The maximum absolute atomic E-state index is 8.86. The van der Waals surface area contributed by atoms with Crippen LogP contribution in [0.1, 0.15) is 33.1 Å². The molecule has 0 saturated carbocycles. The zero-order chi connectivity index (χ0) is 12.2. The van der Waals surface area contributed by atoms with Crippen molar-refractivity contribution in [3.05, 3.63) is 10.7 Å². The van der Waals surface area contributed by atoms with E-state index in [0.717, 1.165) is 30.3 Å². The minimum Gasteiger partial charge on any atom is -0.381 e. The van der Waals surface area contributed by atoms with Crippen LogP contribution >= 0.6 is 15.9 Å². The fourth-order valence-corrected chi connectivity index (χ4v) is 1.74. The molecule has 0 aromatic carbocycles. The van der Waals surface area contributed by atoms with Gasteiger partial charge in [0.25, 0.3) is 0 Å². The van der Waals surface area contributed by atoms with Crippen LogP contribution in [-0.2, 0) is 6.54 Å². The molecule has 0 atom stereocenters. The van der Waals surface area contributed by atoms with Crippen molar-refractivity contribution in [2.45, 2.75) is 39.7 Å². The molecule has 0 aliphatic carbocycles. The Balaban J connectivity index is 2.29. The number of unbranched alkanes of at least 4 members (excludes halogenated alkanes) is 1. The summed E-state index contributed by atoms with van der Waals surface area (Å²) >= 11 is 3.32. The molecule has 0 amide bonds. The molecule has 0 radical (unpaired) electrons.